The molecular formula is C20H20N2O4S. The lowest BCUT2D eigenvalue weighted by atomic mass is 10.2. The van der Waals surface area contributed by atoms with Crippen LogP contribution in [0.3, 0.4) is 0 Å². The number of carboxylic acids is 1. The molecule has 27 heavy (non-hydrogen) atoms. The third-order valence-corrected chi connectivity index (χ3v) is 5.35. The summed E-state index contributed by atoms with van der Waals surface area (Å²) in [5.74, 6) is -1.24. The Morgan fingerprint density at radius 3 is 2.30 bits per heavy atom. The van der Waals surface area contributed by atoms with Crippen molar-refractivity contribution in [3.05, 3.63) is 57.8 Å². The average Bonchev–Trinajstić information content (AvgIpc) is 3.03. The summed E-state index contributed by atoms with van der Waals surface area (Å²) in [5, 5.41) is 8.79. The summed E-state index contributed by atoms with van der Waals surface area (Å²) in [5.41, 5.74) is 3.77. The minimum absolute atomic E-state index is 0.177. The summed E-state index contributed by atoms with van der Waals surface area (Å²) in [6, 6.07) is 8.39. The fraction of sp³-hybridized carbons (Fsp3) is 0.250. The van der Waals surface area contributed by atoms with Crippen LogP contribution in [0.4, 0.5) is 4.79 Å². The summed E-state index contributed by atoms with van der Waals surface area (Å²) in [7, 11) is 0. The van der Waals surface area contributed by atoms with Crippen molar-refractivity contribution in [2.24, 2.45) is 0 Å². The van der Waals surface area contributed by atoms with Gasteiger partial charge in [-0.3, -0.25) is 14.5 Å². The second-order valence-electron chi connectivity index (χ2n) is 6.66. The van der Waals surface area contributed by atoms with Crippen molar-refractivity contribution >= 4 is 35.0 Å². The lowest BCUT2D eigenvalue weighted by Crippen LogP contribution is -2.34. The first-order valence-corrected chi connectivity index (χ1v) is 9.32. The van der Waals surface area contributed by atoms with Crippen LogP contribution in [0, 0.1) is 13.8 Å². The van der Waals surface area contributed by atoms with Crippen molar-refractivity contribution < 1.29 is 19.5 Å². The molecule has 1 aliphatic rings. The van der Waals surface area contributed by atoms with E-state index < -0.39 is 5.97 Å². The Hall–Kier alpha value is -2.80. The average molecular weight is 384 g/mol. The van der Waals surface area contributed by atoms with Gasteiger partial charge in [0, 0.05) is 23.1 Å². The monoisotopic (exact) mass is 384 g/mol. The van der Waals surface area contributed by atoms with Crippen molar-refractivity contribution in [3.8, 4) is 5.69 Å². The fourth-order valence-corrected chi connectivity index (χ4v) is 4.10. The Bertz CT molecular complexity index is 971. The van der Waals surface area contributed by atoms with Crippen LogP contribution in [0.2, 0.25) is 0 Å². The summed E-state index contributed by atoms with van der Waals surface area (Å²) < 4.78 is 1.99. The molecule has 1 saturated heterocycles. The molecule has 2 heterocycles. The minimum Gasteiger partial charge on any atom is -0.478 e. The van der Waals surface area contributed by atoms with Gasteiger partial charge < -0.3 is 9.67 Å². The van der Waals surface area contributed by atoms with Gasteiger partial charge in [-0.25, -0.2) is 4.79 Å². The highest BCUT2D eigenvalue weighted by atomic mass is 32.2. The highest BCUT2D eigenvalue weighted by molar-refractivity contribution is 8.18. The quantitative estimate of drug-likeness (QED) is 0.798. The number of hydrogen-bond donors (Lipinski definition) is 1. The minimum atomic E-state index is -0.968. The van der Waals surface area contributed by atoms with Crippen LogP contribution in [0.5, 0.6) is 0 Å². The third kappa shape index (κ3) is 3.42. The van der Waals surface area contributed by atoms with E-state index in [9.17, 15) is 14.4 Å². The first-order chi connectivity index (χ1) is 12.7. The van der Waals surface area contributed by atoms with Crippen molar-refractivity contribution in [2.75, 3.05) is 0 Å². The van der Waals surface area contributed by atoms with E-state index in [2.05, 4.69) is 0 Å². The number of aromatic carboxylic acids is 1. The maximum absolute atomic E-state index is 12.5. The van der Waals surface area contributed by atoms with E-state index in [1.807, 2.05) is 38.3 Å². The van der Waals surface area contributed by atoms with E-state index >= 15 is 0 Å². The van der Waals surface area contributed by atoms with Gasteiger partial charge in [-0.15, -0.1) is 0 Å². The standard InChI is InChI=1S/C20H20N2O4S/c1-11(2)21-18(23)17(27-20(21)26)10-15-9-12(3)22(13(15)4)16-7-5-14(6-8-16)19(24)25/h5-11H,1-4H3,(H,24,25)/b17-10-. The largest absolute Gasteiger partial charge is 0.478 e. The van der Waals surface area contributed by atoms with Crippen molar-refractivity contribution in [3.63, 3.8) is 0 Å². The number of carbonyl (C=O) groups excluding carboxylic acids is 2. The molecular weight excluding hydrogens is 364 g/mol. The van der Waals surface area contributed by atoms with Crippen LogP contribution >= 0.6 is 11.8 Å². The second kappa shape index (κ2) is 7.08. The summed E-state index contributed by atoms with van der Waals surface area (Å²) in [6.07, 6.45) is 1.75. The number of benzene rings is 1. The van der Waals surface area contributed by atoms with Crippen LogP contribution in [0.15, 0.2) is 35.2 Å². The summed E-state index contributed by atoms with van der Waals surface area (Å²) in [6.45, 7) is 7.49. The first-order valence-electron chi connectivity index (χ1n) is 8.50. The molecule has 140 valence electrons. The van der Waals surface area contributed by atoms with Gasteiger partial charge in [0.1, 0.15) is 0 Å². The Morgan fingerprint density at radius 2 is 1.78 bits per heavy atom. The van der Waals surface area contributed by atoms with Gasteiger partial charge in [0.25, 0.3) is 11.1 Å². The topological polar surface area (TPSA) is 79.6 Å². The number of imide groups is 1. The van der Waals surface area contributed by atoms with Gasteiger partial charge in [-0.2, -0.15) is 0 Å². The van der Waals surface area contributed by atoms with Gasteiger partial charge in [-0.1, -0.05) is 0 Å². The van der Waals surface area contributed by atoms with Crippen LogP contribution < -0.4 is 0 Å². The third-order valence-electron chi connectivity index (χ3n) is 4.47. The zero-order chi connectivity index (χ0) is 19.9. The van der Waals surface area contributed by atoms with Crippen LogP contribution in [-0.2, 0) is 4.79 Å². The van der Waals surface area contributed by atoms with Gasteiger partial charge >= 0.3 is 5.97 Å². The Kier molecular flexibility index (Phi) is 4.97. The van der Waals surface area contributed by atoms with E-state index in [0.29, 0.717) is 4.91 Å². The molecule has 0 unspecified atom stereocenters. The molecule has 1 aromatic carbocycles. The molecule has 0 atom stereocenters. The molecule has 1 fully saturated rings. The lowest BCUT2D eigenvalue weighted by Gasteiger charge is -2.16. The molecule has 1 N–H and O–H groups in total. The molecule has 0 bridgehead atoms. The molecule has 6 nitrogen and oxygen atoms in total. The van der Waals surface area contributed by atoms with Gasteiger partial charge in [0.15, 0.2) is 0 Å². The normalized spacial score (nSPS) is 16.0. The molecule has 2 aromatic rings. The smallest absolute Gasteiger partial charge is 0.335 e. The number of aryl methyl sites for hydroxylation is 1. The Balaban J connectivity index is 1.98. The van der Waals surface area contributed by atoms with E-state index in [4.69, 9.17) is 5.11 Å². The number of thioether (sulfide) groups is 1. The molecule has 7 heteroatoms. The SMILES string of the molecule is Cc1cc(/C=C2\SC(=O)N(C(C)C)C2=O)c(C)n1-c1ccc(C(=O)O)cc1. The number of nitrogens with zero attached hydrogens (tertiary/aromatic N) is 2. The molecule has 3 rings (SSSR count). The first kappa shape index (κ1) is 19.0. The number of aromatic nitrogens is 1. The maximum Gasteiger partial charge on any atom is 0.335 e. The number of hydrogen-bond acceptors (Lipinski definition) is 4. The van der Waals surface area contributed by atoms with Crippen LogP contribution in [0.1, 0.15) is 41.2 Å². The number of carbonyl (C=O) groups is 3. The van der Waals surface area contributed by atoms with Crippen LogP contribution in [-0.4, -0.2) is 37.7 Å². The van der Waals surface area contributed by atoms with E-state index in [1.54, 1.807) is 30.3 Å². The maximum atomic E-state index is 12.5. The predicted octanol–water partition coefficient (Wildman–Crippen LogP) is 4.24. The molecule has 0 aliphatic carbocycles. The highest BCUT2D eigenvalue weighted by Gasteiger charge is 2.36. The number of rotatable bonds is 4. The van der Waals surface area contributed by atoms with E-state index in [0.717, 1.165) is 34.4 Å². The van der Waals surface area contributed by atoms with Gasteiger partial charge in [0.05, 0.1) is 10.5 Å². The Labute approximate surface area is 161 Å². The second-order valence-corrected chi connectivity index (χ2v) is 7.65. The lowest BCUT2D eigenvalue weighted by molar-refractivity contribution is -0.123. The van der Waals surface area contributed by atoms with Gasteiger partial charge in [0.2, 0.25) is 0 Å². The van der Waals surface area contributed by atoms with Crippen LogP contribution in [0.25, 0.3) is 11.8 Å². The Morgan fingerprint density at radius 1 is 1.15 bits per heavy atom. The van der Waals surface area contributed by atoms with E-state index in [1.165, 1.54) is 4.90 Å². The zero-order valence-electron chi connectivity index (χ0n) is 15.5. The highest BCUT2D eigenvalue weighted by Crippen LogP contribution is 2.34. The molecule has 1 aromatic heterocycles. The molecule has 0 spiro atoms. The predicted molar refractivity (Wildman–Crippen MR) is 105 cm³/mol. The number of amides is 2. The van der Waals surface area contributed by atoms with Crippen molar-refractivity contribution in [2.45, 2.75) is 33.7 Å². The molecule has 0 radical (unpaired) electrons. The zero-order valence-corrected chi connectivity index (χ0v) is 16.3. The number of carboxylic acid groups (broad SMARTS) is 1. The summed E-state index contributed by atoms with van der Waals surface area (Å²) in [4.78, 5) is 37.3. The van der Waals surface area contributed by atoms with Crippen molar-refractivity contribution in [1.29, 1.82) is 0 Å². The molecule has 1 aliphatic heterocycles. The fourth-order valence-electron chi connectivity index (χ4n) is 3.15. The summed E-state index contributed by atoms with van der Waals surface area (Å²) >= 11 is 0.954. The van der Waals surface area contributed by atoms with E-state index in [-0.39, 0.29) is 22.8 Å². The molecule has 2 amide bonds. The van der Waals surface area contributed by atoms with Crippen molar-refractivity contribution in [1.82, 2.24) is 9.47 Å². The molecule has 0 saturated carbocycles. The van der Waals surface area contributed by atoms with Gasteiger partial charge in [-0.05, 0) is 81.4 Å².